The predicted octanol–water partition coefficient (Wildman–Crippen LogP) is 5.32. The molecule has 6 heteroatoms. The standard InChI is InChI=1S/C24H31ClN2O2S/c1-5-22(24(29)26-14-17(2)3)27(15-19-8-6-18(4)7-9-19)23(28)16-30-21-12-10-20(25)11-13-21/h6-13,17,22H,5,14-16H2,1-4H3,(H,26,29)/t22-/m0/s1. The van der Waals surface area contributed by atoms with Gasteiger partial charge in [0.1, 0.15) is 6.04 Å². The zero-order valence-electron chi connectivity index (χ0n) is 18.2. The van der Waals surface area contributed by atoms with E-state index in [1.807, 2.05) is 62.4 Å². The van der Waals surface area contributed by atoms with Crippen LogP contribution >= 0.6 is 23.4 Å². The maximum Gasteiger partial charge on any atom is 0.242 e. The second-order valence-electron chi connectivity index (χ2n) is 7.81. The molecule has 0 aliphatic rings. The number of amides is 2. The van der Waals surface area contributed by atoms with Gasteiger partial charge in [0.25, 0.3) is 0 Å². The molecule has 4 nitrogen and oxygen atoms in total. The van der Waals surface area contributed by atoms with E-state index in [0.717, 1.165) is 16.0 Å². The van der Waals surface area contributed by atoms with E-state index < -0.39 is 6.04 Å². The summed E-state index contributed by atoms with van der Waals surface area (Å²) in [7, 11) is 0. The molecule has 2 aromatic rings. The first-order valence-electron chi connectivity index (χ1n) is 10.3. The van der Waals surface area contributed by atoms with Gasteiger partial charge >= 0.3 is 0 Å². The van der Waals surface area contributed by atoms with Gasteiger partial charge in [0, 0.05) is 23.0 Å². The molecular weight excluding hydrogens is 416 g/mol. The molecule has 0 unspecified atom stereocenters. The fourth-order valence-electron chi connectivity index (χ4n) is 2.99. The van der Waals surface area contributed by atoms with Gasteiger partial charge in [-0.25, -0.2) is 0 Å². The summed E-state index contributed by atoms with van der Waals surface area (Å²) < 4.78 is 0. The van der Waals surface area contributed by atoms with Crippen LogP contribution in [0.5, 0.6) is 0 Å². The average Bonchev–Trinajstić information content (AvgIpc) is 2.72. The van der Waals surface area contributed by atoms with Crippen molar-refractivity contribution >= 4 is 35.2 Å². The van der Waals surface area contributed by atoms with E-state index in [9.17, 15) is 9.59 Å². The van der Waals surface area contributed by atoms with Crippen molar-refractivity contribution in [1.29, 1.82) is 0 Å². The summed E-state index contributed by atoms with van der Waals surface area (Å²) in [5.74, 6) is 0.472. The first-order valence-corrected chi connectivity index (χ1v) is 11.7. The van der Waals surface area contributed by atoms with Crippen LogP contribution in [0.25, 0.3) is 0 Å². The largest absolute Gasteiger partial charge is 0.354 e. The van der Waals surface area contributed by atoms with Crippen LogP contribution in [0.15, 0.2) is 53.4 Å². The molecule has 0 fully saturated rings. The normalized spacial score (nSPS) is 11.9. The number of hydrogen-bond acceptors (Lipinski definition) is 3. The minimum absolute atomic E-state index is 0.0536. The van der Waals surface area contributed by atoms with Crippen LogP contribution in [-0.2, 0) is 16.1 Å². The van der Waals surface area contributed by atoms with Gasteiger partial charge in [0.05, 0.1) is 5.75 Å². The molecule has 0 saturated heterocycles. The van der Waals surface area contributed by atoms with Gasteiger partial charge in [0.15, 0.2) is 0 Å². The number of hydrogen-bond donors (Lipinski definition) is 1. The van der Waals surface area contributed by atoms with Crippen molar-refractivity contribution in [3.63, 3.8) is 0 Å². The summed E-state index contributed by atoms with van der Waals surface area (Å²) in [5, 5.41) is 3.66. The summed E-state index contributed by atoms with van der Waals surface area (Å²) in [6, 6.07) is 15.0. The summed E-state index contributed by atoms with van der Waals surface area (Å²) in [6.07, 6.45) is 0.563. The Hall–Kier alpha value is -1.98. The van der Waals surface area contributed by atoms with E-state index in [0.29, 0.717) is 30.5 Å². The Balaban J connectivity index is 2.17. The third-order valence-electron chi connectivity index (χ3n) is 4.72. The highest BCUT2D eigenvalue weighted by molar-refractivity contribution is 8.00. The Morgan fingerprint density at radius 1 is 1.07 bits per heavy atom. The highest BCUT2D eigenvalue weighted by Crippen LogP contribution is 2.22. The number of nitrogens with one attached hydrogen (secondary N) is 1. The van der Waals surface area contributed by atoms with Gasteiger partial charge in [0.2, 0.25) is 11.8 Å². The topological polar surface area (TPSA) is 49.4 Å². The van der Waals surface area contributed by atoms with E-state index in [1.54, 1.807) is 4.90 Å². The van der Waals surface area contributed by atoms with E-state index in [2.05, 4.69) is 19.2 Å². The molecule has 1 N–H and O–H groups in total. The molecule has 2 rings (SSSR count). The molecule has 0 saturated carbocycles. The predicted molar refractivity (Wildman–Crippen MR) is 126 cm³/mol. The average molecular weight is 447 g/mol. The third kappa shape index (κ3) is 7.69. The first kappa shape index (κ1) is 24.3. The molecule has 0 aromatic heterocycles. The van der Waals surface area contributed by atoms with Crippen molar-refractivity contribution in [2.24, 2.45) is 5.92 Å². The number of nitrogens with zero attached hydrogens (tertiary/aromatic N) is 1. The molecule has 30 heavy (non-hydrogen) atoms. The number of carbonyl (C=O) groups excluding carboxylic acids is 2. The Bertz CT molecular complexity index is 822. The van der Waals surface area contributed by atoms with Crippen molar-refractivity contribution in [2.45, 2.75) is 51.6 Å². The minimum atomic E-state index is -0.497. The van der Waals surface area contributed by atoms with Gasteiger partial charge in [-0.15, -0.1) is 11.8 Å². The van der Waals surface area contributed by atoms with Gasteiger partial charge in [-0.3, -0.25) is 9.59 Å². The van der Waals surface area contributed by atoms with Crippen molar-refractivity contribution in [3.05, 3.63) is 64.7 Å². The molecule has 0 spiro atoms. The lowest BCUT2D eigenvalue weighted by atomic mass is 10.1. The lowest BCUT2D eigenvalue weighted by Crippen LogP contribution is -2.50. The monoisotopic (exact) mass is 446 g/mol. The smallest absolute Gasteiger partial charge is 0.242 e. The third-order valence-corrected chi connectivity index (χ3v) is 5.97. The highest BCUT2D eigenvalue weighted by Gasteiger charge is 2.28. The SMILES string of the molecule is CC[C@@H](C(=O)NCC(C)C)N(Cc1ccc(C)cc1)C(=O)CSc1ccc(Cl)cc1. The molecule has 162 valence electrons. The van der Waals surface area contributed by atoms with E-state index >= 15 is 0 Å². The van der Waals surface area contributed by atoms with Gasteiger partial charge in [-0.2, -0.15) is 0 Å². The molecular formula is C24H31ClN2O2S. The van der Waals surface area contributed by atoms with E-state index in [-0.39, 0.29) is 17.6 Å². The van der Waals surface area contributed by atoms with Crippen LogP contribution in [0, 0.1) is 12.8 Å². The first-order chi connectivity index (χ1) is 14.3. The molecule has 0 aliphatic heterocycles. The molecule has 1 atom stereocenters. The van der Waals surface area contributed by atoms with E-state index in [4.69, 9.17) is 11.6 Å². The zero-order valence-corrected chi connectivity index (χ0v) is 19.7. The Morgan fingerprint density at radius 2 is 1.70 bits per heavy atom. The summed E-state index contributed by atoms with van der Waals surface area (Å²) in [4.78, 5) is 28.7. The lowest BCUT2D eigenvalue weighted by molar-refractivity contribution is -0.139. The van der Waals surface area contributed by atoms with Crippen LogP contribution < -0.4 is 5.32 Å². The molecule has 2 amide bonds. The van der Waals surface area contributed by atoms with Crippen molar-refractivity contribution in [2.75, 3.05) is 12.3 Å². The maximum absolute atomic E-state index is 13.2. The highest BCUT2D eigenvalue weighted by atomic mass is 35.5. The van der Waals surface area contributed by atoms with Crippen LogP contribution in [0.4, 0.5) is 0 Å². The van der Waals surface area contributed by atoms with Gasteiger partial charge in [-0.05, 0) is 49.1 Å². The molecule has 0 bridgehead atoms. The number of aryl methyl sites for hydroxylation is 1. The summed E-state index contributed by atoms with van der Waals surface area (Å²) in [6.45, 7) is 9.10. The Morgan fingerprint density at radius 3 is 2.27 bits per heavy atom. The molecule has 0 heterocycles. The van der Waals surface area contributed by atoms with Gasteiger partial charge in [-0.1, -0.05) is 62.2 Å². The van der Waals surface area contributed by atoms with Crippen LogP contribution in [-0.4, -0.2) is 35.1 Å². The number of benzene rings is 2. The minimum Gasteiger partial charge on any atom is -0.354 e. The summed E-state index contributed by atoms with van der Waals surface area (Å²) in [5.41, 5.74) is 2.18. The van der Waals surface area contributed by atoms with Crippen molar-refractivity contribution in [1.82, 2.24) is 10.2 Å². The Labute approximate surface area is 189 Å². The number of rotatable bonds is 10. The van der Waals surface area contributed by atoms with Gasteiger partial charge < -0.3 is 10.2 Å². The molecule has 0 aliphatic carbocycles. The maximum atomic E-state index is 13.2. The summed E-state index contributed by atoms with van der Waals surface area (Å²) >= 11 is 7.40. The van der Waals surface area contributed by atoms with Crippen LogP contribution in [0.3, 0.4) is 0 Å². The molecule has 2 aromatic carbocycles. The van der Waals surface area contributed by atoms with Crippen LogP contribution in [0.1, 0.15) is 38.3 Å². The number of thioether (sulfide) groups is 1. The lowest BCUT2D eigenvalue weighted by Gasteiger charge is -2.31. The Kier molecular flexibility index (Phi) is 9.73. The quantitative estimate of drug-likeness (QED) is 0.502. The molecule has 0 radical (unpaired) electrons. The second-order valence-corrected chi connectivity index (χ2v) is 9.30. The zero-order chi connectivity index (χ0) is 22.1. The fourth-order valence-corrected chi connectivity index (χ4v) is 3.90. The van der Waals surface area contributed by atoms with Crippen molar-refractivity contribution in [3.8, 4) is 0 Å². The van der Waals surface area contributed by atoms with Crippen LogP contribution in [0.2, 0.25) is 5.02 Å². The number of halogens is 1. The fraction of sp³-hybridized carbons (Fsp3) is 0.417. The van der Waals surface area contributed by atoms with E-state index in [1.165, 1.54) is 11.8 Å². The second kappa shape index (κ2) is 12.0. The number of carbonyl (C=O) groups is 2. The van der Waals surface area contributed by atoms with Crippen molar-refractivity contribution < 1.29 is 9.59 Å².